The third-order valence-electron chi connectivity index (χ3n) is 4.69. The molecule has 1 fully saturated rings. The number of hydrogen-bond donors (Lipinski definition) is 0. The largest absolute Gasteiger partial charge is 0.369 e. The van der Waals surface area contributed by atoms with Crippen LogP contribution < -0.4 is 4.90 Å². The Balaban J connectivity index is 1.49. The minimum absolute atomic E-state index is 0.158. The van der Waals surface area contributed by atoms with Gasteiger partial charge in [0.1, 0.15) is 0 Å². The van der Waals surface area contributed by atoms with E-state index in [1.807, 2.05) is 12.1 Å². The quantitative estimate of drug-likeness (QED) is 0.625. The summed E-state index contributed by atoms with van der Waals surface area (Å²) in [6, 6.07) is 15.4. The van der Waals surface area contributed by atoms with Crippen LogP contribution in [0.15, 0.2) is 48.5 Å². The van der Waals surface area contributed by atoms with E-state index in [2.05, 4.69) is 41.0 Å². The van der Waals surface area contributed by atoms with Crippen molar-refractivity contribution >= 4 is 11.4 Å². The van der Waals surface area contributed by atoms with Crippen LogP contribution in [0.1, 0.15) is 11.1 Å². The molecule has 0 unspecified atom stereocenters. The van der Waals surface area contributed by atoms with Crippen molar-refractivity contribution in [1.82, 2.24) is 4.90 Å². The van der Waals surface area contributed by atoms with Crippen LogP contribution in [-0.4, -0.2) is 42.5 Å². The molecule has 24 heavy (non-hydrogen) atoms. The average molecular weight is 325 g/mol. The van der Waals surface area contributed by atoms with E-state index >= 15 is 0 Å². The lowest BCUT2D eigenvalue weighted by atomic mass is 10.1. The first-order valence-electron chi connectivity index (χ1n) is 8.40. The predicted molar refractivity (Wildman–Crippen MR) is 96.6 cm³/mol. The fraction of sp³-hybridized carbons (Fsp3) is 0.368. The molecule has 0 spiro atoms. The molecular formula is C19H23N3O2. The minimum atomic E-state index is -0.353. The summed E-state index contributed by atoms with van der Waals surface area (Å²) in [7, 11) is 0. The molecule has 3 rings (SSSR count). The van der Waals surface area contributed by atoms with Crippen molar-refractivity contribution in [2.75, 3.05) is 37.6 Å². The zero-order chi connectivity index (χ0) is 16.9. The van der Waals surface area contributed by atoms with Crippen LogP contribution in [0, 0.1) is 17.0 Å². The average Bonchev–Trinajstić information content (AvgIpc) is 2.61. The molecule has 2 aromatic rings. The van der Waals surface area contributed by atoms with Gasteiger partial charge in [-0.25, -0.2) is 0 Å². The highest BCUT2D eigenvalue weighted by Gasteiger charge is 2.18. The van der Waals surface area contributed by atoms with E-state index in [0.29, 0.717) is 0 Å². The minimum Gasteiger partial charge on any atom is -0.369 e. The lowest BCUT2D eigenvalue weighted by molar-refractivity contribution is -0.384. The molecule has 0 N–H and O–H groups in total. The first kappa shape index (κ1) is 16.5. The van der Waals surface area contributed by atoms with E-state index in [9.17, 15) is 10.1 Å². The van der Waals surface area contributed by atoms with Gasteiger partial charge < -0.3 is 4.90 Å². The van der Waals surface area contributed by atoms with Crippen LogP contribution in [0.3, 0.4) is 0 Å². The summed E-state index contributed by atoms with van der Waals surface area (Å²) >= 11 is 0. The van der Waals surface area contributed by atoms with Crippen molar-refractivity contribution in [3.05, 3.63) is 69.8 Å². The number of aryl methyl sites for hydroxylation is 1. The number of rotatable bonds is 5. The number of nitro benzene ring substituents is 1. The van der Waals surface area contributed by atoms with E-state index in [1.54, 1.807) is 12.1 Å². The van der Waals surface area contributed by atoms with Gasteiger partial charge in [0.2, 0.25) is 0 Å². The Morgan fingerprint density at radius 3 is 2.29 bits per heavy atom. The van der Waals surface area contributed by atoms with Crippen molar-refractivity contribution in [1.29, 1.82) is 0 Å². The van der Waals surface area contributed by atoms with Gasteiger partial charge in [0.15, 0.2) is 0 Å². The number of anilines is 1. The summed E-state index contributed by atoms with van der Waals surface area (Å²) in [5, 5.41) is 10.7. The van der Waals surface area contributed by atoms with E-state index in [4.69, 9.17) is 0 Å². The lowest BCUT2D eigenvalue weighted by Gasteiger charge is -2.36. The molecule has 0 aliphatic carbocycles. The van der Waals surface area contributed by atoms with E-state index in [1.165, 1.54) is 11.3 Å². The fourth-order valence-electron chi connectivity index (χ4n) is 3.20. The van der Waals surface area contributed by atoms with Crippen LogP contribution in [0.4, 0.5) is 11.4 Å². The third kappa shape index (κ3) is 3.92. The summed E-state index contributed by atoms with van der Waals surface area (Å²) in [6.45, 7) is 7.37. The van der Waals surface area contributed by atoms with E-state index in [0.717, 1.165) is 44.7 Å². The first-order chi connectivity index (χ1) is 11.6. The first-order valence-corrected chi connectivity index (χ1v) is 8.40. The highest BCUT2D eigenvalue weighted by Crippen LogP contribution is 2.21. The number of nitrogens with zero attached hydrogens (tertiary/aromatic N) is 3. The maximum absolute atomic E-state index is 10.7. The number of benzene rings is 2. The van der Waals surface area contributed by atoms with Crippen LogP contribution in [0.25, 0.3) is 0 Å². The summed E-state index contributed by atoms with van der Waals surface area (Å²) in [6.07, 6.45) is 0.933. The van der Waals surface area contributed by atoms with Gasteiger partial charge in [-0.1, -0.05) is 30.3 Å². The van der Waals surface area contributed by atoms with Crippen molar-refractivity contribution in [2.24, 2.45) is 0 Å². The molecule has 0 amide bonds. The summed E-state index contributed by atoms with van der Waals surface area (Å²) < 4.78 is 0. The molecule has 2 aromatic carbocycles. The molecule has 1 aliphatic rings. The number of nitro groups is 1. The molecule has 1 heterocycles. The van der Waals surface area contributed by atoms with Crippen molar-refractivity contribution < 1.29 is 4.92 Å². The zero-order valence-corrected chi connectivity index (χ0v) is 14.0. The standard InChI is InChI=1S/C19H23N3O2/c1-16-4-2-3-5-19(16)21-14-12-20(13-15-21)11-10-17-6-8-18(9-7-17)22(23)24/h2-9H,10-15H2,1H3. The molecule has 5 heteroatoms. The highest BCUT2D eigenvalue weighted by atomic mass is 16.6. The number of non-ortho nitro benzene ring substituents is 1. The Labute approximate surface area is 142 Å². The van der Waals surface area contributed by atoms with Gasteiger partial charge in [-0.15, -0.1) is 0 Å². The Hall–Kier alpha value is -2.40. The molecule has 0 atom stereocenters. The highest BCUT2D eigenvalue weighted by molar-refractivity contribution is 5.53. The second-order valence-electron chi connectivity index (χ2n) is 6.29. The third-order valence-corrected chi connectivity index (χ3v) is 4.69. The van der Waals surface area contributed by atoms with Gasteiger partial charge in [-0.05, 0) is 30.5 Å². The monoisotopic (exact) mass is 325 g/mol. The van der Waals surface area contributed by atoms with Crippen LogP contribution in [-0.2, 0) is 6.42 Å². The number of para-hydroxylation sites is 1. The summed E-state index contributed by atoms with van der Waals surface area (Å²) in [5.74, 6) is 0. The second kappa shape index (κ2) is 7.45. The zero-order valence-electron chi connectivity index (χ0n) is 14.0. The Kier molecular flexibility index (Phi) is 5.11. The maximum Gasteiger partial charge on any atom is 0.269 e. The number of piperazine rings is 1. The fourth-order valence-corrected chi connectivity index (χ4v) is 3.20. The maximum atomic E-state index is 10.7. The second-order valence-corrected chi connectivity index (χ2v) is 6.29. The van der Waals surface area contributed by atoms with Gasteiger partial charge in [0.05, 0.1) is 4.92 Å². The smallest absolute Gasteiger partial charge is 0.269 e. The van der Waals surface area contributed by atoms with Gasteiger partial charge in [0, 0.05) is 50.5 Å². The molecule has 0 radical (unpaired) electrons. The molecule has 126 valence electrons. The number of hydrogen-bond acceptors (Lipinski definition) is 4. The Morgan fingerprint density at radius 2 is 1.67 bits per heavy atom. The lowest BCUT2D eigenvalue weighted by Crippen LogP contribution is -2.47. The van der Waals surface area contributed by atoms with Crippen LogP contribution in [0.2, 0.25) is 0 Å². The van der Waals surface area contributed by atoms with Gasteiger partial charge in [0.25, 0.3) is 5.69 Å². The molecule has 0 aromatic heterocycles. The van der Waals surface area contributed by atoms with Crippen LogP contribution >= 0.6 is 0 Å². The van der Waals surface area contributed by atoms with Crippen LogP contribution in [0.5, 0.6) is 0 Å². The predicted octanol–water partition coefficient (Wildman–Crippen LogP) is 3.27. The van der Waals surface area contributed by atoms with Gasteiger partial charge >= 0.3 is 0 Å². The topological polar surface area (TPSA) is 49.6 Å². The van der Waals surface area contributed by atoms with Crippen molar-refractivity contribution in [3.63, 3.8) is 0 Å². The molecule has 1 saturated heterocycles. The van der Waals surface area contributed by atoms with Crippen molar-refractivity contribution in [3.8, 4) is 0 Å². The molecule has 1 aliphatic heterocycles. The van der Waals surface area contributed by atoms with Gasteiger partial charge in [-0.3, -0.25) is 15.0 Å². The molecule has 0 saturated carbocycles. The summed E-state index contributed by atoms with van der Waals surface area (Å²) in [4.78, 5) is 15.3. The van der Waals surface area contributed by atoms with E-state index in [-0.39, 0.29) is 10.6 Å². The van der Waals surface area contributed by atoms with E-state index < -0.39 is 0 Å². The SMILES string of the molecule is Cc1ccccc1N1CCN(CCc2ccc([N+](=O)[O-])cc2)CC1. The molecule has 5 nitrogen and oxygen atoms in total. The normalized spacial score (nSPS) is 15.5. The summed E-state index contributed by atoms with van der Waals surface area (Å²) in [5.41, 5.74) is 3.98. The Morgan fingerprint density at radius 1 is 1.00 bits per heavy atom. The van der Waals surface area contributed by atoms with Crippen molar-refractivity contribution in [2.45, 2.75) is 13.3 Å². The molecular weight excluding hydrogens is 302 g/mol. The Bertz CT molecular complexity index is 692. The van der Waals surface area contributed by atoms with Gasteiger partial charge in [-0.2, -0.15) is 0 Å². The molecule has 0 bridgehead atoms.